The second-order valence-electron chi connectivity index (χ2n) is 5.79. The van der Waals surface area contributed by atoms with Crippen molar-refractivity contribution in [2.24, 2.45) is 7.05 Å². The second kappa shape index (κ2) is 4.90. The maximum Gasteiger partial charge on any atom is 0.285 e. The van der Waals surface area contributed by atoms with E-state index < -0.39 is 0 Å². The van der Waals surface area contributed by atoms with Gasteiger partial charge in [-0.15, -0.1) is 0 Å². The van der Waals surface area contributed by atoms with Crippen LogP contribution in [0.4, 0.5) is 0 Å². The molecule has 0 saturated carbocycles. The number of hydrogen-bond donors (Lipinski definition) is 0. The van der Waals surface area contributed by atoms with Gasteiger partial charge >= 0.3 is 0 Å². The SMILES string of the molecule is Cn1cc2c(n1)c(=O)n(-c1ccn3ccnc3c1)c1nc(Cl)ccc21. The van der Waals surface area contributed by atoms with Crippen molar-refractivity contribution in [3.8, 4) is 5.69 Å². The van der Waals surface area contributed by atoms with E-state index in [1.807, 2.05) is 41.2 Å². The van der Waals surface area contributed by atoms with Crippen LogP contribution in [-0.2, 0) is 7.05 Å². The van der Waals surface area contributed by atoms with Crippen LogP contribution in [0.15, 0.2) is 53.8 Å². The van der Waals surface area contributed by atoms with E-state index >= 15 is 0 Å². The highest BCUT2D eigenvalue weighted by molar-refractivity contribution is 6.30. The summed E-state index contributed by atoms with van der Waals surface area (Å²) >= 11 is 6.10. The number of halogens is 1. The van der Waals surface area contributed by atoms with E-state index in [1.54, 1.807) is 24.0 Å². The summed E-state index contributed by atoms with van der Waals surface area (Å²) in [5.74, 6) is 0. The lowest BCUT2D eigenvalue weighted by atomic mass is 10.2. The van der Waals surface area contributed by atoms with Gasteiger partial charge in [-0.25, -0.2) is 9.97 Å². The van der Waals surface area contributed by atoms with Crippen molar-refractivity contribution < 1.29 is 0 Å². The highest BCUT2D eigenvalue weighted by Crippen LogP contribution is 2.24. The molecule has 8 heteroatoms. The van der Waals surface area contributed by atoms with E-state index in [4.69, 9.17) is 11.6 Å². The lowest BCUT2D eigenvalue weighted by Crippen LogP contribution is -2.20. The van der Waals surface area contributed by atoms with E-state index in [1.165, 1.54) is 4.57 Å². The fourth-order valence-corrected chi connectivity index (χ4v) is 3.27. The molecule has 5 aromatic heterocycles. The maximum absolute atomic E-state index is 13.1. The van der Waals surface area contributed by atoms with Crippen LogP contribution in [-0.4, -0.2) is 28.7 Å². The van der Waals surface area contributed by atoms with Gasteiger partial charge in [0.2, 0.25) is 0 Å². The highest BCUT2D eigenvalue weighted by atomic mass is 35.5. The Kier molecular flexibility index (Phi) is 2.78. The lowest BCUT2D eigenvalue weighted by molar-refractivity contribution is 0.777. The first-order valence-corrected chi connectivity index (χ1v) is 7.97. The summed E-state index contributed by atoms with van der Waals surface area (Å²) in [6.45, 7) is 0. The monoisotopic (exact) mass is 350 g/mol. The Balaban J connectivity index is 1.99. The number of imidazole rings is 1. The molecule has 0 aromatic carbocycles. The average Bonchev–Trinajstić information content (AvgIpc) is 3.20. The summed E-state index contributed by atoms with van der Waals surface area (Å²) < 4.78 is 5.03. The van der Waals surface area contributed by atoms with Crippen molar-refractivity contribution in [3.63, 3.8) is 0 Å². The summed E-state index contributed by atoms with van der Waals surface area (Å²) in [5.41, 5.74) is 2.04. The number of aromatic nitrogens is 6. The molecule has 0 radical (unpaired) electrons. The number of hydrogen-bond acceptors (Lipinski definition) is 4. The third kappa shape index (κ3) is 1.99. The van der Waals surface area contributed by atoms with Crippen molar-refractivity contribution in [1.82, 2.24) is 28.7 Å². The average molecular weight is 351 g/mol. The molecule has 0 saturated heterocycles. The number of fused-ring (bicyclic) bond motifs is 4. The van der Waals surface area contributed by atoms with Gasteiger partial charge in [-0.2, -0.15) is 5.10 Å². The minimum absolute atomic E-state index is 0.242. The summed E-state index contributed by atoms with van der Waals surface area (Å²) in [4.78, 5) is 21.8. The number of rotatable bonds is 1. The van der Waals surface area contributed by atoms with Crippen LogP contribution in [0.2, 0.25) is 5.15 Å². The summed E-state index contributed by atoms with van der Waals surface area (Å²) in [5, 5.41) is 6.22. The molecule has 0 unspecified atom stereocenters. The van der Waals surface area contributed by atoms with Crippen molar-refractivity contribution in [2.45, 2.75) is 0 Å². The normalized spacial score (nSPS) is 11.8. The fraction of sp³-hybridized carbons (Fsp3) is 0.0588. The number of pyridine rings is 3. The zero-order chi connectivity index (χ0) is 17.1. The first-order valence-electron chi connectivity index (χ1n) is 7.59. The highest BCUT2D eigenvalue weighted by Gasteiger charge is 2.16. The van der Waals surface area contributed by atoms with E-state index in [9.17, 15) is 4.79 Å². The van der Waals surface area contributed by atoms with Gasteiger partial charge in [0.05, 0.1) is 5.69 Å². The standard InChI is InChI=1S/C17H11ClN6O/c1-22-9-12-11-2-3-13(18)20-16(11)24(17(25)15(12)21-22)10-4-6-23-7-5-19-14(23)8-10/h2-9H,1H3. The van der Waals surface area contributed by atoms with Crippen molar-refractivity contribution in [2.75, 3.05) is 0 Å². The van der Waals surface area contributed by atoms with E-state index in [2.05, 4.69) is 15.1 Å². The largest absolute Gasteiger partial charge is 0.307 e. The molecule has 0 atom stereocenters. The quantitative estimate of drug-likeness (QED) is 0.436. The Morgan fingerprint density at radius 2 is 2.00 bits per heavy atom. The lowest BCUT2D eigenvalue weighted by Gasteiger charge is -2.10. The Labute approximate surface area is 145 Å². The van der Waals surface area contributed by atoms with Crippen LogP contribution in [0.5, 0.6) is 0 Å². The van der Waals surface area contributed by atoms with Crippen LogP contribution in [0.3, 0.4) is 0 Å². The van der Waals surface area contributed by atoms with Crippen LogP contribution < -0.4 is 5.56 Å². The van der Waals surface area contributed by atoms with Gasteiger partial charge in [0.15, 0.2) is 5.52 Å². The minimum atomic E-state index is -0.242. The van der Waals surface area contributed by atoms with Gasteiger partial charge in [-0.3, -0.25) is 14.0 Å². The molecule has 5 rings (SSSR count). The third-order valence-electron chi connectivity index (χ3n) is 4.22. The second-order valence-corrected chi connectivity index (χ2v) is 6.18. The van der Waals surface area contributed by atoms with Gasteiger partial charge in [0.1, 0.15) is 16.4 Å². The van der Waals surface area contributed by atoms with Crippen LogP contribution in [0.1, 0.15) is 0 Å². The zero-order valence-electron chi connectivity index (χ0n) is 13.1. The molecule has 0 aliphatic rings. The Bertz CT molecular complexity index is 1350. The smallest absolute Gasteiger partial charge is 0.285 e. The van der Waals surface area contributed by atoms with Gasteiger partial charge < -0.3 is 4.40 Å². The molecule has 0 fully saturated rings. The maximum atomic E-state index is 13.1. The molecule has 0 N–H and O–H groups in total. The van der Waals surface area contributed by atoms with Crippen LogP contribution >= 0.6 is 11.6 Å². The van der Waals surface area contributed by atoms with Gasteiger partial charge in [0.25, 0.3) is 5.56 Å². The number of aryl methyl sites for hydroxylation is 1. The predicted molar refractivity (Wildman–Crippen MR) is 95.4 cm³/mol. The zero-order valence-corrected chi connectivity index (χ0v) is 13.8. The minimum Gasteiger partial charge on any atom is -0.307 e. The first-order chi connectivity index (χ1) is 12.1. The van der Waals surface area contributed by atoms with Gasteiger partial charge in [-0.05, 0) is 18.2 Å². The third-order valence-corrected chi connectivity index (χ3v) is 4.43. The molecule has 0 amide bonds. The first kappa shape index (κ1) is 14.2. The predicted octanol–water partition coefficient (Wildman–Crippen LogP) is 2.57. The topological polar surface area (TPSA) is 70.0 Å². The van der Waals surface area contributed by atoms with Gasteiger partial charge in [0, 0.05) is 48.7 Å². The number of nitrogens with zero attached hydrogens (tertiary/aromatic N) is 6. The Morgan fingerprint density at radius 1 is 1.12 bits per heavy atom. The van der Waals surface area contributed by atoms with Crippen LogP contribution in [0, 0.1) is 0 Å². The van der Waals surface area contributed by atoms with Crippen molar-refractivity contribution in [1.29, 1.82) is 0 Å². The van der Waals surface area contributed by atoms with E-state index in [-0.39, 0.29) is 5.56 Å². The molecule has 0 aliphatic heterocycles. The van der Waals surface area contributed by atoms with Gasteiger partial charge in [-0.1, -0.05) is 11.6 Å². The molecule has 25 heavy (non-hydrogen) atoms. The fourth-order valence-electron chi connectivity index (χ4n) is 3.13. The molecule has 5 heterocycles. The molecule has 0 bridgehead atoms. The molecular weight excluding hydrogens is 340 g/mol. The molecule has 0 aliphatic carbocycles. The molecule has 122 valence electrons. The summed E-state index contributed by atoms with van der Waals surface area (Å²) in [7, 11) is 1.79. The van der Waals surface area contributed by atoms with Crippen molar-refractivity contribution in [3.05, 3.63) is 64.6 Å². The Hall–Kier alpha value is -3.19. The summed E-state index contributed by atoms with van der Waals surface area (Å²) in [6, 6.07) is 7.24. The Morgan fingerprint density at radius 3 is 2.88 bits per heavy atom. The summed E-state index contributed by atoms with van der Waals surface area (Å²) in [6.07, 6.45) is 7.22. The van der Waals surface area contributed by atoms with Crippen LogP contribution in [0.25, 0.3) is 33.3 Å². The molecule has 7 nitrogen and oxygen atoms in total. The molecule has 0 spiro atoms. The molecular formula is C17H11ClN6O. The van der Waals surface area contributed by atoms with Crippen molar-refractivity contribution >= 4 is 39.2 Å². The van der Waals surface area contributed by atoms with E-state index in [0.29, 0.717) is 22.0 Å². The molecule has 5 aromatic rings. The van der Waals surface area contributed by atoms with E-state index in [0.717, 1.165) is 16.4 Å².